The van der Waals surface area contributed by atoms with Crippen LogP contribution in [0.15, 0.2) is 24.3 Å². The van der Waals surface area contributed by atoms with Crippen LogP contribution in [-0.2, 0) is 6.42 Å². The van der Waals surface area contributed by atoms with Crippen molar-refractivity contribution in [2.45, 2.75) is 6.42 Å². The number of nitrogens with one attached hydrogen (secondary N) is 1. The van der Waals surface area contributed by atoms with Crippen LogP contribution < -0.4 is 5.32 Å². The number of carbonyl (C=O) groups excluding carboxylic acids is 1. The van der Waals surface area contributed by atoms with Gasteiger partial charge in [-0.15, -0.1) is 0 Å². The lowest BCUT2D eigenvalue weighted by Crippen LogP contribution is -2.33. The van der Waals surface area contributed by atoms with Crippen LogP contribution in [0.3, 0.4) is 0 Å². The van der Waals surface area contributed by atoms with E-state index in [2.05, 4.69) is 10.4 Å². The summed E-state index contributed by atoms with van der Waals surface area (Å²) < 4.78 is 1.33. The van der Waals surface area contributed by atoms with Gasteiger partial charge in [-0.25, -0.2) is 9.48 Å². The molecule has 0 unspecified atom stereocenters. The molecule has 1 aliphatic rings. The van der Waals surface area contributed by atoms with E-state index in [0.29, 0.717) is 29.2 Å². The lowest BCUT2D eigenvalue weighted by molar-refractivity contribution is 0.0689. The molecule has 6 nitrogen and oxygen atoms in total. The van der Waals surface area contributed by atoms with Crippen molar-refractivity contribution in [2.75, 3.05) is 6.54 Å². The summed E-state index contributed by atoms with van der Waals surface area (Å²) in [5, 5.41) is 16.4. The molecule has 2 N–H and O–H groups in total. The van der Waals surface area contributed by atoms with Crippen LogP contribution in [0, 0.1) is 0 Å². The molecule has 2 aromatic rings. The fraction of sp³-hybridized carbons (Fsp3) is 0.154. The molecule has 1 aliphatic heterocycles. The van der Waals surface area contributed by atoms with Gasteiger partial charge in [0.15, 0.2) is 5.69 Å². The summed E-state index contributed by atoms with van der Waals surface area (Å²) in [5.74, 6) is -1.47. The highest BCUT2D eigenvalue weighted by atomic mass is 35.5. The highest BCUT2D eigenvalue weighted by molar-refractivity contribution is 6.30. The van der Waals surface area contributed by atoms with Crippen LogP contribution in [0.5, 0.6) is 0 Å². The van der Waals surface area contributed by atoms with Crippen LogP contribution >= 0.6 is 11.6 Å². The summed E-state index contributed by atoms with van der Waals surface area (Å²) >= 11 is 5.93. The minimum Gasteiger partial charge on any atom is -0.476 e. The molecular formula is C13H10ClN3O3. The van der Waals surface area contributed by atoms with Gasteiger partial charge in [-0.3, -0.25) is 4.79 Å². The Labute approximate surface area is 119 Å². The van der Waals surface area contributed by atoms with Crippen LogP contribution in [0.1, 0.15) is 26.5 Å². The van der Waals surface area contributed by atoms with Gasteiger partial charge in [0.05, 0.1) is 5.69 Å². The highest BCUT2D eigenvalue weighted by Crippen LogP contribution is 2.23. The molecule has 0 saturated carbocycles. The number of hydrogen-bond acceptors (Lipinski definition) is 3. The molecule has 1 aromatic heterocycles. The lowest BCUT2D eigenvalue weighted by atomic mass is 10.1. The van der Waals surface area contributed by atoms with Crippen molar-refractivity contribution >= 4 is 23.5 Å². The quantitative estimate of drug-likeness (QED) is 0.878. The highest BCUT2D eigenvalue weighted by Gasteiger charge is 2.30. The van der Waals surface area contributed by atoms with Gasteiger partial charge in [0.1, 0.15) is 5.69 Å². The Kier molecular flexibility index (Phi) is 2.94. The van der Waals surface area contributed by atoms with Crippen molar-refractivity contribution in [3.05, 3.63) is 46.2 Å². The molecule has 3 rings (SSSR count). The van der Waals surface area contributed by atoms with E-state index >= 15 is 0 Å². The number of fused-ring (bicyclic) bond motifs is 1. The molecule has 0 saturated heterocycles. The van der Waals surface area contributed by atoms with Crippen molar-refractivity contribution in [3.8, 4) is 5.69 Å². The van der Waals surface area contributed by atoms with Gasteiger partial charge in [-0.05, 0) is 24.6 Å². The van der Waals surface area contributed by atoms with Gasteiger partial charge in [0.25, 0.3) is 5.91 Å². The van der Waals surface area contributed by atoms with E-state index in [-0.39, 0.29) is 17.3 Å². The summed E-state index contributed by atoms with van der Waals surface area (Å²) in [5.41, 5.74) is 1.19. The van der Waals surface area contributed by atoms with E-state index in [0.717, 1.165) is 0 Å². The summed E-state index contributed by atoms with van der Waals surface area (Å²) in [7, 11) is 0. The van der Waals surface area contributed by atoms with Crippen molar-refractivity contribution in [2.24, 2.45) is 0 Å². The smallest absolute Gasteiger partial charge is 0.356 e. The van der Waals surface area contributed by atoms with E-state index in [1.165, 1.54) is 4.68 Å². The molecule has 0 atom stereocenters. The van der Waals surface area contributed by atoms with Crippen LogP contribution in [-0.4, -0.2) is 33.3 Å². The van der Waals surface area contributed by atoms with Gasteiger partial charge in [-0.2, -0.15) is 5.10 Å². The predicted octanol–water partition coefficient (Wildman–Crippen LogP) is 1.51. The van der Waals surface area contributed by atoms with Gasteiger partial charge < -0.3 is 10.4 Å². The Bertz CT molecular complexity index is 724. The van der Waals surface area contributed by atoms with E-state index in [1.54, 1.807) is 24.3 Å². The first kappa shape index (κ1) is 12.7. The van der Waals surface area contributed by atoms with E-state index in [4.69, 9.17) is 11.6 Å². The zero-order chi connectivity index (χ0) is 14.3. The van der Waals surface area contributed by atoms with E-state index in [9.17, 15) is 14.7 Å². The maximum absolute atomic E-state index is 12.0. The topological polar surface area (TPSA) is 84.2 Å². The van der Waals surface area contributed by atoms with Gasteiger partial charge in [0, 0.05) is 17.1 Å². The molecule has 7 heteroatoms. The van der Waals surface area contributed by atoms with Gasteiger partial charge in [-0.1, -0.05) is 17.7 Å². The summed E-state index contributed by atoms with van der Waals surface area (Å²) in [4.78, 5) is 23.3. The maximum Gasteiger partial charge on any atom is 0.356 e. The third-order valence-corrected chi connectivity index (χ3v) is 3.35. The van der Waals surface area contributed by atoms with Crippen LogP contribution in [0.4, 0.5) is 0 Å². The molecule has 20 heavy (non-hydrogen) atoms. The Morgan fingerprint density at radius 2 is 2.25 bits per heavy atom. The SMILES string of the molecule is O=C(O)c1nn(-c2cccc(Cl)c2)c2c1CCNC2=O. The number of carboxylic acid groups (broad SMARTS) is 1. The maximum atomic E-state index is 12.0. The molecule has 102 valence electrons. The number of amides is 1. The number of hydrogen-bond donors (Lipinski definition) is 2. The van der Waals surface area contributed by atoms with Crippen LogP contribution in [0.25, 0.3) is 5.69 Å². The zero-order valence-corrected chi connectivity index (χ0v) is 11.0. The summed E-state index contributed by atoms with van der Waals surface area (Å²) in [6.07, 6.45) is 0.448. The molecule has 0 aliphatic carbocycles. The molecule has 2 heterocycles. The van der Waals surface area contributed by atoms with E-state index < -0.39 is 5.97 Å². The average molecular weight is 292 g/mol. The minimum atomic E-state index is -1.14. The molecule has 0 fully saturated rings. The fourth-order valence-electron chi connectivity index (χ4n) is 2.27. The van der Waals surface area contributed by atoms with Gasteiger partial charge in [0.2, 0.25) is 0 Å². The fourth-order valence-corrected chi connectivity index (χ4v) is 2.46. The standard InChI is InChI=1S/C13H10ClN3O3/c14-7-2-1-3-8(6-7)17-11-9(4-5-15-12(11)18)10(16-17)13(19)20/h1-3,6H,4-5H2,(H,15,18)(H,19,20). The lowest BCUT2D eigenvalue weighted by Gasteiger charge is -2.14. The number of carboxylic acids is 1. The van der Waals surface area contributed by atoms with E-state index in [1.807, 2.05) is 0 Å². The molecule has 1 aromatic carbocycles. The van der Waals surface area contributed by atoms with Crippen molar-refractivity contribution < 1.29 is 14.7 Å². The molecule has 0 radical (unpaired) electrons. The normalized spacial score (nSPS) is 13.8. The summed E-state index contributed by atoms with van der Waals surface area (Å²) in [6, 6.07) is 6.75. The molecule has 1 amide bonds. The largest absolute Gasteiger partial charge is 0.476 e. The first-order valence-electron chi connectivity index (χ1n) is 5.97. The monoisotopic (exact) mass is 291 g/mol. The Morgan fingerprint density at radius 1 is 1.45 bits per heavy atom. The first-order valence-corrected chi connectivity index (χ1v) is 6.35. The zero-order valence-electron chi connectivity index (χ0n) is 10.3. The number of aromatic carboxylic acids is 1. The number of nitrogens with zero attached hydrogens (tertiary/aromatic N) is 2. The summed E-state index contributed by atoms with van der Waals surface area (Å²) in [6.45, 7) is 0.410. The average Bonchev–Trinajstić information content (AvgIpc) is 2.80. The van der Waals surface area contributed by atoms with Crippen molar-refractivity contribution in [1.82, 2.24) is 15.1 Å². The second-order valence-electron chi connectivity index (χ2n) is 4.38. The Hall–Kier alpha value is -2.34. The number of carbonyl (C=O) groups is 2. The molecule has 0 spiro atoms. The van der Waals surface area contributed by atoms with Gasteiger partial charge >= 0.3 is 5.97 Å². The third kappa shape index (κ3) is 1.94. The number of rotatable bonds is 2. The number of halogens is 1. The Balaban J connectivity index is 2.26. The minimum absolute atomic E-state index is 0.0881. The Morgan fingerprint density at radius 3 is 2.95 bits per heavy atom. The molecule has 0 bridgehead atoms. The van der Waals surface area contributed by atoms with Crippen molar-refractivity contribution in [1.29, 1.82) is 0 Å². The second-order valence-corrected chi connectivity index (χ2v) is 4.81. The number of aromatic nitrogens is 2. The number of benzene rings is 1. The van der Waals surface area contributed by atoms with Crippen molar-refractivity contribution in [3.63, 3.8) is 0 Å². The second kappa shape index (κ2) is 4.64. The first-order chi connectivity index (χ1) is 9.58. The van der Waals surface area contributed by atoms with Crippen LogP contribution in [0.2, 0.25) is 5.02 Å². The third-order valence-electron chi connectivity index (χ3n) is 3.11. The predicted molar refractivity (Wildman–Crippen MR) is 71.6 cm³/mol. The molecular weight excluding hydrogens is 282 g/mol.